The molecular formula is C22H31NO4Si. The summed E-state index contributed by atoms with van der Waals surface area (Å²) in [4.78, 5) is 25.4. The largest absolute Gasteiger partial charge is 0.543 e. The Balaban J connectivity index is 1.73. The molecule has 3 rings (SSSR count). The first-order valence-corrected chi connectivity index (χ1v) is 12.9. The van der Waals surface area contributed by atoms with Crippen molar-refractivity contribution in [3.8, 4) is 5.75 Å². The zero-order valence-electron chi connectivity index (χ0n) is 17.5. The minimum atomic E-state index is -1.95. The molecule has 0 atom stereocenters. The molecule has 2 aliphatic rings. The number of hydrogen-bond acceptors (Lipinski definition) is 3. The van der Waals surface area contributed by atoms with Crippen molar-refractivity contribution < 1.29 is 19.1 Å². The SMILES string of the molecule is CC(C)(C)[Si](C)(C)Oc1ccc2c(c1)C(=O)C(=CC1CCN(C(=O)O)CC1)C2. The molecule has 1 aliphatic heterocycles. The third-order valence-corrected chi connectivity index (χ3v) is 10.8. The van der Waals surface area contributed by atoms with Gasteiger partial charge in [0.05, 0.1) is 0 Å². The molecule has 1 aromatic carbocycles. The van der Waals surface area contributed by atoms with Crippen molar-refractivity contribution in [1.82, 2.24) is 4.90 Å². The Kier molecular flexibility index (Phi) is 5.45. The number of benzene rings is 1. The van der Waals surface area contributed by atoms with Crippen LogP contribution in [0.3, 0.4) is 0 Å². The van der Waals surface area contributed by atoms with Crippen molar-refractivity contribution in [1.29, 1.82) is 0 Å². The van der Waals surface area contributed by atoms with Crippen LogP contribution in [0, 0.1) is 5.92 Å². The number of Topliss-reactive ketones (excluding diaryl/α,β-unsaturated/α-hetero) is 1. The molecule has 5 nitrogen and oxygen atoms in total. The number of amides is 1. The summed E-state index contributed by atoms with van der Waals surface area (Å²) in [5, 5.41) is 9.18. The molecular weight excluding hydrogens is 370 g/mol. The molecule has 1 heterocycles. The standard InChI is InChI=1S/C22H31NO4Si/c1-22(2,3)28(4,5)27-18-7-6-16-13-17(20(24)19(16)14-18)12-15-8-10-23(11-9-15)21(25)26/h6-7,12,14-15H,8-11,13H2,1-5H3,(H,25,26). The highest BCUT2D eigenvalue weighted by molar-refractivity contribution is 6.74. The number of hydrogen-bond donors (Lipinski definition) is 1. The molecule has 6 heteroatoms. The molecule has 1 amide bonds. The molecule has 0 bridgehead atoms. The van der Waals surface area contributed by atoms with E-state index in [0.29, 0.717) is 19.5 Å². The van der Waals surface area contributed by atoms with Gasteiger partial charge in [-0.15, -0.1) is 0 Å². The van der Waals surface area contributed by atoms with Gasteiger partial charge in [-0.1, -0.05) is 32.9 Å². The fourth-order valence-corrected chi connectivity index (χ4v) is 4.59. The van der Waals surface area contributed by atoms with Gasteiger partial charge in [0, 0.05) is 30.6 Å². The third kappa shape index (κ3) is 4.16. The van der Waals surface area contributed by atoms with Gasteiger partial charge in [0.2, 0.25) is 8.32 Å². The minimum absolute atomic E-state index is 0.0938. The summed E-state index contributed by atoms with van der Waals surface area (Å²) in [6, 6.07) is 5.91. The summed E-state index contributed by atoms with van der Waals surface area (Å²) in [6.07, 6.45) is 3.44. The van der Waals surface area contributed by atoms with E-state index in [1.54, 1.807) is 0 Å². The van der Waals surface area contributed by atoms with Crippen molar-refractivity contribution >= 4 is 20.2 Å². The van der Waals surface area contributed by atoms with Gasteiger partial charge in [-0.2, -0.15) is 0 Å². The van der Waals surface area contributed by atoms with E-state index in [1.165, 1.54) is 4.90 Å². The van der Waals surface area contributed by atoms with Crippen LogP contribution in [-0.4, -0.2) is 43.3 Å². The van der Waals surface area contributed by atoms with Gasteiger partial charge >= 0.3 is 6.09 Å². The number of nitrogens with zero attached hydrogens (tertiary/aromatic N) is 1. The van der Waals surface area contributed by atoms with Crippen molar-refractivity contribution in [2.75, 3.05) is 13.1 Å². The number of piperidine rings is 1. The van der Waals surface area contributed by atoms with Crippen LogP contribution in [0.25, 0.3) is 0 Å². The number of rotatable bonds is 3. The highest BCUT2D eigenvalue weighted by Gasteiger charge is 2.39. The summed E-state index contributed by atoms with van der Waals surface area (Å²) < 4.78 is 6.37. The second kappa shape index (κ2) is 7.39. The Morgan fingerprint density at radius 1 is 1.25 bits per heavy atom. The van der Waals surface area contributed by atoms with Gasteiger partial charge in [-0.05, 0) is 54.6 Å². The second-order valence-corrected chi connectivity index (χ2v) is 14.2. The van der Waals surface area contributed by atoms with E-state index in [4.69, 9.17) is 9.53 Å². The highest BCUT2D eigenvalue weighted by Crippen LogP contribution is 2.39. The molecule has 0 aromatic heterocycles. The third-order valence-electron chi connectivity index (χ3n) is 6.42. The van der Waals surface area contributed by atoms with Gasteiger partial charge < -0.3 is 14.4 Å². The van der Waals surface area contributed by atoms with Crippen LogP contribution in [0.5, 0.6) is 5.75 Å². The van der Waals surface area contributed by atoms with Crippen molar-refractivity contribution in [3.05, 3.63) is 41.0 Å². The Morgan fingerprint density at radius 3 is 2.46 bits per heavy atom. The lowest BCUT2D eigenvalue weighted by atomic mass is 9.93. The molecule has 0 unspecified atom stereocenters. The average molecular weight is 402 g/mol. The molecule has 28 heavy (non-hydrogen) atoms. The number of carbonyl (C=O) groups is 2. The Morgan fingerprint density at radius 2 is 1.89 bits per heavy atom. The number of likely N-dealkylation sites (tertiary alicyclic amines) is 1. The highest BCUT2D eigenvalue weighted by atomic mass is 28.4. The Hall–Kier alpha value is -2.08. The number of allylic oxidation sites excluding steroid dienone is 2. The normalized spacial score (nSPS) is 19.8. The summed E-state index contributed by atoms with van der Waals surface area (Å²) in [5.74, 6) is 1.15. The monoisotopic (exact) mass is 401 g/mol. The summed E-state index contributed by atoms with van der Waals surface area (Å²) in [6.45, 7) is 12.1. The van der Waals surface area contributed by atoms with Crippen LogP contribution in [0.15, 0.2) is 29.8 Å². The van der Waals surface area contributed by atoms with Crippen molar-refractivity contribution in [2.45, 2.75) is 58.2 Å². The zero-order valence-corrected chi connectivity index (χ0v) is 18.5. The zero-order chi connectivity index (χ0) is 20.7. The molecule has 0 radical (unpaired) electrons. The fourth-order valence-electron chi connectivity index (χ4n) is 3.57. The molecule has 0 saturated carbocycles. The fraction of sp³-hybridized carbons (Fsp3) is 0.545. The molecule has 1 fully saturated rings. The maximum Gasteiger partial charge on any atom is 0.407 e. The lowest BCUT2D eigenvalue weighted by Gasteiger charge is -2.36. The first-order chi connectivity index (χ1) is 13.0. The molecule has 1 saturated heterocycles. The predicted octanol–water partition coefficient (Wildman–Crippen LogP) is 5.13. The van der Waals surface area contributed by atoms with Gasteiger partial charge in [0.1, 0.15) is 5.75 Å². The van der Waals surface area contributed by atoms with Crippen LogP contribution < -0.4 is 4.43 Å². The van der Waals surface area contributed by atoms with E-state index in [1.807, 2.05) is 18.2 Å². The van der Waals surface area contributed by atoms with Crippen molar-refractivity contribution in [3.63, 3.8) is 0 Å². The topological polar surface area (TPSA) is 66.8 Å². The molecule has 1 N–H and O–H groups in total. The van der Waals surface area contributed by atoms with E-state index < -0.39 is 14.4 Å². The predicted molar refractivity (Wildman–Crippen MR) is 113 cm³/mol. The molecule has 152 valence electrons. The van der Waals surface area contributed by atoms with E-state index in [0.717, 1.165) is 35.3 Å². The van der Waals surface area contributed by atoms with E-state index in [9.17, 15) is 9.59 Å². The van der Waals surface area contributed by atoms with Gasteiger partial charge in [0.25, 0.3) is 0 Å². The smallest absolute Gasteiger partial charge is 0.407 e. The maximum absolute atomic E-state index is 12.9. The van der Waals surface area contributed by atoms with Gasteiger partial charge in [-0.3, -0.25) is 4.79 Å². The van der Waals surface area contributed by atoms with Crippen LogP contribution in [0.2, 0.25) is 18.1 Å². The average Bonchev–Trinajstić information content (AvgIpc) is 2.90. The summed E-state index contributed by atoms with van der Waals surface area (Å²) in [7, 11) is -1.95. The van der Waals surface area contributed by atoms with Gasteiger partial charge in [-0.25, -0.2) is 4.79 Å². The first kappa shape index (κ1) is 20.6. The molecule has 1 aliphatic carbocycles. The molecule has 0 spiro atoms. The summed E-state index contributed by atoms with van der Waals surface area (Å²) >= 11 is 0. The lowest BCUT2D eigenvalue weighted by molar-refractivity contribution is 0.103. The van der Waals surface area contributed by atoms with Crippen LogP contribution in [-0.2, 0) is 6.42 Å². The second-order valence-electron chi connectivity index (χ2n) is 9.49. The van der Waals surface area contributed by atoms with E-state index >= 15 is 0 Å². The maximum atomic E-state index is 12.9. The van der Waals surface area contributed by atoms with Crippen molar-refractivity contribution in [2.24, 2.45) is 5.92 Å². The lowest BCUT2D eigenvalue weighted by Crippen LogP contribution is -2.43. The quantitative estimate of drug-likeness (QED) is 0.563. The van der Waals surface area contributed by atoms with E-state index in [2.05, 4.69) is 39.9 Å². The van der Waals surface area contributed by atoms with Crippen LogP contribution >= 0.6 is 0 Å². The van der Waals surface area contributed by atoms with Crippen LogP contribution in [0.1, 0.15) is 49.5 Å². The number of carbonyl (C=O) groups excluding carboxylic acids is 1. The van der Waals surface area contributed by atoms with Crippen LogP contribution in [0.4, 0.5) is 4.79 Å². The first-order valence-electron chi connectivity index (χ1n) is 10.0. The van der Waals surface area contributed by atoms with E-state index in [-0.39, 0.29) is 16.7 Å². The number of carboxylic acid groups (broad SMARTS) is 1. The minimum Gasteiger partial charge on any atom is -0.543 e. The number of fused-ring (bicyclic) bond motifs is 1. The number of ketones is 1. The summed E-state index contributed by atoms with van der Waals surface area (Å²) in [5.41, 5.74) is 2.65. The molecule has 1 aromatic rings. The van der Waals surface area contributed by atoms with Gasteiger partial charge in [0.15, 0.2) is 5.78 Å². The Labute approximate surface area is 168 Å². The Bertz CT molecular complexity index is 814.